The maximum Gasteiger partial charge on any atom is 0.00331 e. The van der Waals surface area contributed by atoms with Crippen LogP contribution in [0, 0.1) is 0 Å². The van der Waals surface area contributed by atoms with Crippen LogP contribution in [0.25, 0.3) is 0 Å². The van der Waals surface area contributed by atoms with Gasteiger partial charge in [0.05, 0.1) is 0 Å². The van der Waals surface area contributed by atoms with Crippen LogP contribution in [0.15, 0.2) is 0 Å². The summed E-state index contributed by atoms with van der Waals surface area (Å²) in [4.78, 5) is 0. The number of hydrogen-bond donors (Lipinski definition) is 1. The number of hydrogen-bond acceptors (Lipinski definition) is 1. The van der Waals surface area contributed by atoms with Gasteiger partial charge in [0.2, 0.25) is 0 Å². The van der Waals surface area contributed by atoms with E-state index in [1.54, 1.807) is 0 Å². The van der Waals surface area contributed by atoms with Crippen LogP contribution in [0.5, 0.6) is 0 Å². The molecule has 1 heteroatoms. The Morgan fingerprint density at radius 1 is 1.38 bits per heavy atom. The molecule has 0 radical (unpaired) electrons. The first-order chi connectivity index (χ1) is 2.81. The van der Waals surface area contributed by atoms with Crippen LogP contribution < -0.4 is 5.32 Å². The fraction of sp³-hybridized carbons (Fsp3) is 1.00. The van der Waals surface area contributed by atoms with E-state index in [2.05, 4.69) is 19.2 Å². The van der Waals surface area contributed by atoms with Crippen LogP contribution in [-0.2, 0) is 0 Å². The molecule has 0 saturated carbocycles. The Balaban J connectivity index is -0.000000125. The molecule has 0 aliphatic rings. The molecule has 0 aromatic heterocycles. The van der Waals surface area contributed by atoms with Gasteiger partial charge in [0, 0.05) is 6.04 Å². The first-order valence-corrected chi connectivity index (χ1v) is 2.48. The second-order valence-electron chi connectivity index (χ2n) is 1.60. The summed E-state index contributed by atoms with van der Waals surface area (Å²) >= 11 is 0. The van der Waals surface area contributed by atoms with Crippen molar-refractivity contribution < 1.29 is 0 Å². The number of rotatable bonds is 2. The van der Waals surface area contributed by atoms with Crippen LogP contribution in [0.2, 0.25) is 0 Å². The summed E-state index contributed by atoms with van der Waals surface area (Å²) in [6, 6.07) is 0.685. The van der Waals surface area contributed by atoms with E-state index in [1.165, 1.54) is 6.42 Å². The van der Waals surface area contributed by atoms with E-state index in [-0.39, 0.29) is 14.9 Å². The zero-order valence-corrected chi connectivity index (χ0v) is 4.78. The molecule has 0 aliphatic carbocycles. The highest BCUT2D eigenvalue weighted by atomic mass is 14.8. The van der Waals surface area contributed by atoms with Crippen LogP contribution in [-0.4, -0.2) is 13.1 Å². The Kier molecular flexibility index (Phi) is 19.7. The molecule has 1 N–H and O–H groups in total. The molecule has 1 unspecified atom stereocenters. The molecule has 0 aromatic rings. The molecule has 0 aliphatic heterocycles. The zero-order valence-electron chi connectivity index (χ0n) is 4.78. The predicted molar refractivity (Wildman–Crippen MR) is 42.3 cm³/mol. The summed E-state index contributed by atoms with van der Waals surface area (Å²) in [6.45, 7) is 4.33. The summed E-state index contributed by atoms with van der Waals surface area (Å²) in [5.74, 6) is 0. The smallest absolute Gasteiger partial charge is 0.00331 e. The Labute approximate surface area is 54.5 Å². The van der Waals surface area contributed by atoms with E-state index < -0.39 is 0 Å². The molecule has 1 nitrogen and oxygen atoms in total. The van der Waals surface area contributed by atoms with Crippen molar-refractivity contribution in [2.45, 2.75) is 41.2 Å². The van der Waals surface area contributed by atoms with Gasteiger partial charge >= 0.3 is 0 Å². The van der Waals surface area contributed by atoms with Gasteiger partial charge < -0.3 is 5.32 Å². The van der Waals surface area contributed by atoms with Gasteiger partial charge in [-0.25, -0.2) is 0 Å². The summed E-state index contributed by atoms with van der Waals surface area (Å²) < 4.78 is 0. The molecular weight excluding hydrogens is 98.1 g/mol. The Bertz CT molecular complexity index is 23.6. The summed E-state index contributed by atoms with van der Waals surface area (Å²) in [5.41, 5.74) is 0. The Morgan fingerprint density at radius 2 is 1.75 bits per heavy atom. The van der Waals surface area contributed by atoms with E-state index >= 15 is 0 Å². The average molecular weight is 119 g/mol. The molecule has 0 aromatic carbocycles. The quantitative estimate of drug-likeness (QED) is 0.588. The molecule has 0 bridgehead atoms. The summed E-state index contributed by atoms with van der Waals surface area (Å²) in [6.07, 6.45) is 1.22. The molecule has 0 heterocycles. The van der Waals surface area contributed by atoms with Crippen molar-refractivity contribution in [1.29, 1.82) is 0 Å². The van der Waals surface area contributed by atoms with Gasteiger partial charge in [-0.15, -0.1) is 0 Å². The van der Waals surface area contributed by atoms with Crippen molar-refractivity contribution in [3.05, 3.63) is 0 Å². The topological polar surface area (TPSA) is 12.0 Å². The lowest BCUT2D eigenvalue weighted by molar-refractivity contribution is 0.593. The lowest BCUT2D eigenvalue weighted by Crippen LogP contribution is -2.19. The van der Waals surface area contributed by atoms with Crippen molar-refractivity contribution in [2.24, 2.45) is 0 Å². The maximum atomic E-state index is 3.11. The zero-order chi connectivity index (χ0) is 4.99. The minimum absolute atomic E-state index is 0. The Hall–Kier alpha value is -0.0400. The fourth-order valence-corrected chi connectivity index (χ4v) is 0.204. The first-order valence-electron chi connectivity index (χ1n) is 2.48. The minimum Gasteiger partial charge on any atom is -0.317 e. The highest BCUT2D eigenvalue weighted by Gasteiger charge is 1.86. The average Bonchev–Trinajstić information content (AvgIpc) is 1.65. The number of nitrogens with one attached hydrogen (secondary N) is 1. The van der Waals surface area contributed by atoms with E-state index in [0.29, 0.717) is 6.04 Å². The van der Waals surface area contributed by atoms with Crippen LogP contribution in [0.1, 0.15) is 35.1 Å². The monoisotopic (exact) mass is 119 g/mol. The van der Waals surface area contributed by atoms with Crippen LogP contribution >= 0.6 is 0 Å². The normalized spacial score (nSPS) is 10.9. The predicted octanol–water partition coefficient (Wildman–Crippen LogP) is 2.28. The molecule has 0 amide bonds. The Morgan fingerprint density at radius 3 is 1.75 bits per heavy atom. The standard InChI is InChI=1S/C5H13N.2CH4/c1-4-5(2)6-3;;/h5-6H,4H2,1-3H3;2*1H4. The van der Waals surface area contributed by atoms with Gasteiger partial charge in [-0.1, -0.05) is 21.8 Å². The summed E-state index contributed by atoms with van der Waals surface area (Å²) in [7, 11) is 1.98. The molecule has 0 saturated heterocycles. The fourth-order valence-electron chi connectivity index (χ4n) is 0.204. The molecule has 0 rings (SSSR count). The second kappa shape index (κ2) is 10.0. The highest BCUT2D eigenvalue weighted by molar-refractivity contribution is 4.49. The lowest BCUT2D eigenvalue weighted by Gasteiger charge is -2.02. The molecule has 54 valence electrons. The molecule has 1 atom stereocenters. The molecule has 8 heavy (non-hydrogen) atoms. The van der Waals surface area contributed by atoms with Gasteiger partial charge in [0.25, 0.3) is 0 Å². The third-order valence-electron chi connectivity index (χ3n) is 1.11. The van der Waals surface area contributed by atoms with Crippen molar-refractivity contribution in [2.75, 3.05) is 7.05 Å². The van der Waals surface area contributed by atoms with Crippen molar-refractivity contribution in [3.8, 4) is 0 Å². The lowest BCUT2D eigenvalue weighted by atomic mass is 10.3. The second-order valence-corrected chi connectivity index (χ2v) is 1.60. The largest absolute Gasteiger partial charge is 0.317 e. The van der Waals surface area contributed by atoms with Gasteiger partial charge in [0.1, 0.15) is 0 Å². The van der Waals surface area contributed by atoms with Gasteiger partial charge in [-0.2, -0.15) is 0 Å². The van der Waals surface area contributed by atoms with Crippen molar-refractivity contribution in [3.63, 3.8) is 0 Å². The highest BCUT2D eigenvalue weighted by Crippen LogP contribution is 1.82. The summed E-state index contributed by atoms with van der Waals surface area (Å²) in [5, 5.41) is 3.11. The van der Waals surface area contributed by atoms with Crippen LogP contribution in [0.3, 0.4) is 0 Å². The van der Waals surface area contributed by atoms with E-state index in [0.717, 1.165) is 0 Å². The van der Waals surface area contributed by atoms with E-state index in [4.69, 9.17) is 0 Å². The third kappa shape index (κ3) is 9.35. The first kappa shape index (κ1) is 15.7. The van der Waals surface area contributed by atoms with Crippen molar-refractivity contribution >= 4 is 0 Å². The molecule has 0 fully saturated rings. The van der Waals surface area contributed by atoms with E-state index in [9.17, 15) is 0 Å². The van der Waals surface area contributed by atoms with E-state index in [1.807, 2.05) is 7.05 Å². The maximum absolute atomic E-state index is 3.11. The SMILES string of the molecule is C.C.CCC(C)NC. The minimum atomic E-state index is 0. The third-order valence-corrected chi connectivity index (χ3v) is 1.11. The molecule has 0 spiro atoms. The van der Waals surface area contributed by atoms with Gasteiger partial charge in [-0.3, -0.25) is 0 Å². The van der Waals surface area contributed by atoms with Crippen molar-refractivity contribution in [1.82, 2.24) is 5.32 Å². The van der Waals surface area contributed by atoms with Crippen LogP contribution in [0.4, 0.5) is 0 Å². The molecular formula is C7H21N. The van der Waals surface area contributed by atoms with Gasteiger partial charge in [-0.05, 0) is 20.4 Å². The van der Waals surface area contributed by atoms with Gasteiger partial charge in [0.15, 0.2) is 0 Å².